The molecule has 0 aliphatic heterocycles. The minimum Gasteiger partial charge on any atom is -0.422 e. The zero-order chi connectivity index (χ0) is 17.7. The third-order valence-corrected chi connectivity index (χ3v) is 3.98. The number of esters is 1. The van der Waals surface area contributed by atoms with E-state index in [9.17, 15) is 10.1 Å². The van der Waals surface area contributed by atoms with Crippen molar-refractivity contribution in [2.24, 2.45) is 0 Å². The summed E-state index contributed by atoms with van der Waals surface area (Å²) in [5.74, 6) is -0.331. The van der Waals surface area contributed by atoms with Crippen molar-refractivity contribution >= 4 is 23.6 Å². The van der Waals surface area contributed by atoms with E-state index in [0.717, 1.165) is 29.9 Å². The molecule has 0 bridgehead atoms. The third-order valence-electron chi connectivity index (χ3n) is 3.72. The van der Waals surface area contributed by atoms with Crippen LogP contribution in [0.1, 0.15) is 30.3 Å². The van der Waals surface area contributed by atoms with Crippen LogP contribution in [0.25, 0.3) is 6.08 Å². The summed E-state index contributed by atoms with van der Waals surface area (Å²) in [5.41, 5.74) is 2.94. The predicted octanol–water partition coefficient (Wildman–Crippen LogP) is 4.68. The quantitative estimate of drug-likeness (QED) is 0.343. The van der Waals surface area contributed by atoms with Crippen LogP contribution >= 0.6 is 11.6 Å². The molecule has 5 heteroatoms. The van der Waals surface area contributed by atoms with Crippen molar-refractivity contribution in [1.82, 2.24) is 4.57 Å². The van der Waals surface area contributed by atoms with Crippen LogP contribution in [-0.4, -0.2) is 10.5 Å². The standard InChI is InChI=1S/C19H19ClN2O2/c1-4-9-22-13(2)10-15(14(22)3)11-16(12-21)19(23)24-18-7-5-17(20)6-8-18/h5-8,10-11H,4,9H2,1-3H3/b16-11-. The molecule has 0 unspecified atom stereocenters. The van der Waals surface area contributed by atoms with Crippen molar-refractivity contribution in [2.75, 3.05) is 0 Å². The number of aryl methyl sites for hydroxylation is 1. The number of nitriles is 1. The maximum absolute atomic E-state index is 12.2. The fourth-order valence-corrected chi connectivity index (χ4v) is 2.62. The van der Waals surface area contributed by atoms with E-state index in [-0.39, 0.29) is 5.57 Å². The van der Waals surface area contributed by atoms with Crippen molar-refractivity contribution < 1.29 is 9.53 Å². The van der Waals surface area contributed by atoms with Gasteiger partial charge in [0.1, 0.15) is 17.4 Å². The Morgan fingerprint density at radius 2 is 2.00 bits per heavy atom. The Kier molecular flexibility index (Phi) is 5.83. The SMILES string of the molecule is CCCn1c(C)cc(/C=C(/C#N)C(=O)Oc2ccc(Cl)cc2)c1C. The molecule has 1 aromatic heterocycles. The molecule has 0 aliphatic rings. The van der Waals surface area contributed by atoms with Gasteiger partial charge in [-0.2, -0.15) is 5.26 Å². The van der Waals surface area contributed by atoms with E-state index in [1.54, 1.807) is 30.3 Å². The Morgan fingerprint density at radius 1 is 1.33 bits per heavy atom. The van der Waals surface area contributed by atoms with E-state index in [2.05, 4.69) is 11.5 Å². The van der Waals surface area contributed by atoms with E-state index in [4.69, 9.17) is 16.3 Å². The first-order chi connectivity index (χ1) is 11.5. The lowest BCUT2D eigenvalue weighted by Crippen LogP contribution is -2.10. The first kappa shape index (κ1) is 17.8. The van der Waals surface area contributed by atoms with Crippen LogP contribution in [0.2, 0.25) is 5.02 Å². The summed E-state index contributed by atoms with van der Waals surface area (Å²) in [4.78, 5) is 12.2. The van der Waals surface area contributed by atoms with E-state index < -0.39 is 5.97 Å². The van der Waals surface area contributed by atoms with Crippen LogP contribution in [0, 0.1) is 25.2 Å². The number of nitrogens with zero attached hydrogens (tertiary/aromatic N) is 2. The lowest BCUT2D eigenvalue weighted by Gasteiger charge is -2.07. The monoisotopic (exact) mass is 342 g/mol. The molecule has 2 aromatic rings. The lowest BCUT2D eigenvalue weighted by atomic mass is 10.1. The Labute approximate surface area is 146 Å². The van der Waals surface area contributed by atoms with Gasteiger partial charge in [0.05, 0.1) is 0 Å². The molecule has 4 nitrogen and oxygen atoms in total. The molecule has 24 heavy (non-hydrogen) atoms. The van der Waals surface area contributed by atoms with Gasteiger partial charge in [-0.1, -0.05) is 18.5 Å². The average molecular weight is 343 g/mol. The molecule has 0 aliphatic carbocycles. The Balaban J connectivity index is 2.26. The largest absolute Gasteiger partial charge is 0.422 e. The Morgan fingerprint density at radius 3 is 2.58 bits per heavy atom. The summed E-state index contributed by atoms with van der Waals surface area (Å²) in [5, 5.41) is 9.85. The van der Waals surface area contributed by atoms with Crippen LogP contribution in [0.15, 0.2) is 35.9 Å². The summed E-state index contributed by atoms with van der Waals surface area (Å²) in [6, 6.07) is 10.3. The van der Waals surface area contributed by atoms with E-state index in [0.29, 0.717) is 10.8 Å². The second kappa shape index (κ2) is 7.85. The summed E-state index contributed by atoms with van der Waals surface area (Å²) in [6.07, 6.45) is 2.59. The number of hydrogen-bond donors (Lipinski definition) is 0. The molecule has 0 atom stereocenters. The van der Waals surface area contributed by atoms with Crippen molar-refractivity contribution in [3.63, 3.8) is 0 Å². The van der Waals surface area contributed by atoms with Crippen molar-refractivity contribution in [1.29, 1.82) is 5.26 Å². The molecular weight excluding hydrogens is 324 g/mol. The fourth-order valence-electron chi connectivity index (χ4n) is 2.50. The summed E-state index contributed by atoms with van der Waals surface area (Å²) in [6.45, 7) is 7.01. The lowest BCUT2D eigenvalue weighted by molar-refractivity contribution is -0.129. The summed E-state index contributed by atoms with van der Waals surface area (Å²) < 4.78 is 7.40. The van der Waals surface area contributed by atoms with Gasteiger partial charge < -0.3 is 9.30 Å². The first-order valence-electron chi connectivity index (χ1n) is 7.72. The molecule has 0 saturated heterocycles. The zero-order valence-electron chi connectivity index (χ0n) is 14.0. The minimum absolute atomic E-state index is 0.0401. The third kappa shape index (κ3) is 4.06. The van der Waals surface area contributed by atoms with Crippen molar-refractivity contribution in [3.05, 3.63) is 57.9 Å². The molecule has 0 radical (unpaired) electrons. The highest BCUT2D eigenvalue weighted by atomic mass is 35.5. The number of hydrogen-bond acceptors (Lipinski definition) is 3. The number of ether oxygens (including phenoxy) is 1. The highest BCUT2D eigenvalue weighted by Crippen LogP contribution is 2.20. The summed E-state index contributed by atoms with van der Waals surface area (Å²) >= 11 is 5.80. The molecule has 0 fully saturated rings. The first-order valence-corrected chi connectivity index (χ1v) is 8.10. The van der Waals surface area contributed by atoms with Crippen LogP contribution in [-0.2, 0) is 11.3 Å². The van der Waals surface area contributed by atoms with Gasteiger partial charge in [-0.3, -0.25) is 0 Å². The second-order valence-corrected chi connectivity index (χ2v) is 5.93. The summed E-state index contributed by atoms with van der Waals surface area (Å²) in [7, 11) is 0. The van der Waals surface area contributed by atoms with E-state index in [1.807, 2.05) is 26.0 Å². The van der Waals surface area contributed by atoms with E-state index >= 15 is 0 Å². The normalized spacial score (nSPS) is 11.2. The van der Waals surface area contributed by atoms with Gasteiger partial charge in [-0.25, -0.2) is 4.79 Å². The minimum atomic E-state index is -0.680. The van der Waals surface area contributed by atoms with E-state index in [1.165, 1.54) is 0 Å². The van der Waals surface area contributed by atoms with Gasteiger partial charge in [0.25, 0.3) is 0 Å². The molecule has 124 valence electrons. The van der Waals surface area contributed by atoms with Crippen molar-refractivity contribution in [2.45, 2.75) is 33.7 Å². The van der Waals surface area contributed by atoms with Crippen molar-refractivity contribution in [3.8, 4) is 11.8 Å². The number of aromatic nitrogens is 1. The molecule has 0 amide bonds. The van der Waals surface area contributed by atoms with Crippen LogP contribution in [0.4, 0.5) is 0 Å². The maximum atomic E-state index is 12.2. The number of carbonyl (C=O) groups is 1. The fraction of sp³-hybridized carbons (Fsp3) is 0.263. The Bertz CT molecular complexity index is 811. The number of halogens is 1. The van der Waals surface area contributed by atoms with Gasteiger partial charge >= 0.3 is 5.97 Å². The smallest absolute Gasteiger partial charge is 0.354 e. The molecule has 0 N–H and O–H groups in total. The van der Waals surface area contributed by atoms with Crippen LogP contribution in [0.3, 0.4) is 0 Å². The van der Waals surface area contributed by atoms with Gasteiger partial charge in [-0.05, 0) is 62.2 Å². The number of rotatable bonds is 5. The predicted molar refractivity (Wildman–Crippen MR) is 94.9 cm³/mol. The van der Waals surface area contributed by atoms with Crippen LogP contribution in [0.5, 0.6) is 5.75 Å². The van der Waals surface area contributed by atoms with Gasteiger partial charge in [0, 0.05) is 23.0 Å². The number of benzene rings is 1. The molecule has 1 aromatic carbocycles. The zero-order valence-corrected chi connectivity index (χ0v) is 14.7. The highest BCUT2D eigenvalue weighted by molar-refractivity contribution is 6.30. The molecular formula is C19H19ClN2O2. The second-order valence-electron chi connectivity index (χ2n) is 5.49. The van der Waals surface area contributed by atoms with Gasteiger partial charge in [0.15, 0.2) is 0 Å². The molecule has 2 rings (SSSR count). The van der Waals surface area contributed by atoms with Gasteiger partial charge in [0.2, 0.25) is 0 Å². The topological polar surface area (TPSA) is 55.0 Å². The number of carbonyl (C=O) groups excluding carboxylic acids is 1. The maximum Gasteiger partial charge on any atom is 0.354 e. The average Bonchev–Trinajstić information content (AvgIpc) is 2.82. The molecule has 0 spiro atoms. The molecule has 0 saturated carbocycles. The molecule has 1 heterocycles. The van der Waals surface area contributed by atoms with Gasteiger partial charge in [-0.15, -0.1) is 0 Å². The van der Waals surface area contributed by atoms with Crippen LogP contribution < -0.4 is 4.74 Å². The highest BCUT2D eigenvalue weighted by Gasteiger charge is 2.14. The Hall–Kier alpha value is -2.51.